The van der Waals surface area contributed by atoms with Crippen LogP contribution in [0.4, 0.5) is 13.2 Å². The standard InChI is InChI=1S/C17H16ClF3N2O4S/c18-15-2-1-9-22-16(15)26-12-7-10-23(11-8-12)28(24,25)14-5-3-13(4-6-14)27-17(19,20)21/h1-6,9,12H,7-8,10-11H2. The molecule has 3 rings (SSSR count). The molecule has 0 bridgehead atoms. The molecular weight excluding hydrogens is 421 g/mol. The topological polar surface area (TPSA) is 68.7 Å². The van der Waals surface area contributed by atoms with Crippen molar-refractivity contribution in [3.05, 3.63) is 47.6 Å². The molecule has 28 heavy (non-hydrogen) atoms. The minimum atomic E-state index is -4.83. The molecular formula is C17H16ClF3N2O4S. The molecule has 0 saturated carbocycles. The summed E-state index contributed by atoms with van der Waals surface area (Å²) in [6, 6.07) is 7.45. The molecule has 2 heterocycles. The van der Waals surface area contributed by atoms with Crippen LogP contribution in [-0.2, 0) is 10.0 Å². The number of hydrogen-bond donors (Lipinski definition) is 0. The number of benzene rings is 1. The minimum absolute atomic E-state index is 0.103. The van der Waals surface area contributed by atoms with Crippen LogP contribution in [0, 0.1) is 0 Å². The Kier molecular flexibility index (Phi) is 6.01. The Bertz CT molecular complexity index is 915. The van der Waals surface area contributed by atoms with Gasteiger partial charge in [-0.3, -0.25) is 0 Å². The van der Waals surface area contributed by atoms with Crippen LogP contribution in [0.3, 0.4) is 0 Å². The molecule has 1 fully saturated rings. The van der Waals surface area contributed by atoms with Crippen molar-refractivity contribution in [2.45, 2.75) is 30.2 Å². The highest BCUT2D eigenvalue weighted by molar-refractivity contribution is 7.89. The van der Waals surface area contributed by atoms with Gasteiger partial charge in [-0.15, -0.1) is 13.2 Å². The van der Waals surface area contributed by atoms with E-state index in [1.165, 1.54) is 4.31 Å². The number of rotatable bonds is 5. The van der Waals surface area contributed by atoms with Gasteiger partial charge in [-0.2, -0.15) is 4.31 Å². The van der Waals surface area contributed by atoms with E-state index in [0.717, 1.165) is 24.3 Å². The Morgan fingerprint density at radius 1 is 1.11 bits per heavy atom. The van der Waals surface area contributed by atoms with E-state index in [1.54, 1.807) is 18.3 Å². The van der Waals surface area contributed by atoms with Crippen LogP contribution >= 0.6 is 11.6 Å². The Morgan fingerprint density at radius 2 is 1.75 bits per heavy atom. The zero-order valence-electron chi connectivity index (χ0n) is 14.4. The first-order chi connectivity index (χ1) is 13.1. The summed E-state index contributed by atoms with van der Waals surface area (Å²) >= 11 is 6.00. The van der Waals surface area contributed by atoms with Gasteiger partial charge in [0.05, 0.1) is 4.90 Å². The molecule has 6 nitrogen and oxygen atoms in total. The predicted octanol–water partition coefficient (Wildman–Crippen LogP) is 3.87. The van der Waals surface area contributed by atoms with Gasteiger partial charge in [0.15, 0.2) is 0 Å². The molecule has 0 unspecified atom stereocenters. The van der Waals surface area contributed by atoms with E-state index in [-0.39, 0.29) is 24.1 Å². The van der Waals surface area contributed by atoms with Crippen molar-refractivity contribution >= 4 is 21.6 Å². The molecule has 1 saturated heterocycles. The third-order valence-electron chi connectivity index (χ3n) is 4.10. The fraction of sp³-hybridized carbons (Fsp3) is 0.353. The Balaban J connectivity index is 1.62. The van der Waals surface area contributed by atoms with Crippen LogP contribution in [0.25, 0.3) is 0 Å². The van der Waals surface area contributed by atoms with Gasteiger partial charge >= 0.3 is 6.36 Å². The molecule has 1 aromatic heterocycles. The molecule has 152 valence electrons. The fourth-order valence-electron chi connectivity index (χ4n) is 2.77. The second-order valence-corrected chi connectivity index (χ2v) is 8.38. The molecule has 1 aliphatic heterocycles. The van der Waals surface area contributed by atoms with Crippen LogP contribution in [0.1, 0.15) is 12.8 Å². The van der Waals surface area contributed by atoms with Gasteiger partial charge in [0.2, 0.25) is 15.9 Å². The number of aromatic nitrogens is 1. The van der Waals surface area contributed by atoms with Crippen molar-refractivity contribution in [2.75, 3.05) is 13.1 Å². The lowest BCUT2D eigenvalue weighted by Gasteiger charge is -2.31. The van der Waals surface area contributed by atoms with Gasteiger partial charge in [-0.25, -0.2) is 13.4 Å². The zero-order chi connectivity index (χ0) is 20.4. The van der Waals surface area contributed by atoms with Crippen molar-refractivity contribution in [3.8, 4) is 11.6 Å². The highest BCUT2D eigenvalue weighted by Gasteiger charge is 2.33. The minimum Gasteiger partial charge on any atom is -0.473 e. The number of hydrogen-bond acceptors (Lipinski definition) is 5. The number of nitrogens with zero attached hydrogens (tertiary/aromatic N) is 2. The first-order valence-electron chi connectivity index (χ1n) is 8.28. The van der Waals surface area contributed by atoms with Gasteiger partial charge in [0.25, 0.3) is 0 Å². The lowest BCUT2D eigenvalue weighted by Crippen LogP contribution is -2.41. The van der Waals surface area contributed by atoms with Crippen molar-refractivity contribution < 1.29 is 31.1 Å². The van der Waals surface area contributed by atoms with E-state index in [1.807, 2.05) is 0 Å². The van der Waals surface area contributed by atoms with Gasteiger partial charge in [-0.05, 0) is 49.2 Å². The smallest absolute Gasteiger partial charge is 0.473 e. The first kappa shape index (κ1) is 20.7. The Labute approximate surface area is 164 Å². The van der Waals surface area contributed by atoms with Gasteiger partial charge in [0.1, 0.15) is 16.9 Å². The second kappa shape index (κ2) is 8.14. The molecule has 2 aromatic rings. The van der Waals surface area contributed by atoms with Crippen molar-refractivity contribution in [3.63, 3.8) is 0 Å². The number of piperidine rings is 1. The highest BCUT2D eigenvalue weighted by atomic mass is 35.5. The summed E-state index contributed by atoms with van der Waals surface area (Å²) in [6.45, 7) is 0.413. The van der Waals surface area contributed by atoms with Gasteiger partial charge in [-0.1, -0.05) is 11.6 Å². The maximum atomic E-state index is 12.7. The Hall–Kier alpha value is -2.04. The monoisotopic (exact) mass is 436 g/mol. The molecule has 0 atom stereocenters. The van der Waals surface area contributed by atoms with E-state index >= 15 is 0 Å². The van der Waals surface area contributed by atoms with E-state index in [4.69, 9.17) is 16.3 Å². The summed E-state index contributed by atoms with van der Waals surface area (Å²) in [5.74, 6) is -0.184. The molecule has 1 aromatic carbocycles. The molecule has 0 amide bonds. The van der Waals surface area contributed by atoms with Crippen LogP contribution in [0.2, 0.25) is 5.02 Å². The Morgan fingerprint density at radius 3 is 2.32 bits per heavy atom. The van der Waals surface area contributed by atoms with E-state index in [9.17, 15) is 21.6 Å². The van der Waals surface area contributed by atoms with Crippen molar-refractivity contribution in [2.24, 2.45) is 0 Å². The summed E-state index contributed by atoms with van der Waals surface area (Å²) in [5, 5.41) is 0.374. The molecule has 0 radical (unpaired) electrons. The summed E-state index contributed by atoms with van der Waals surface area (Å²) in [4.78, 5) is 3.94. The van der Waals surface area contributed by atoms with E-state index in [2.05, 4.69) is 9.72 Å². The molecule has 0 spiro atoms. The summed E-state index contributed by atoms with van der Waals surface area (Å²) in [5.41, 5.74) is 0. The van der Waals surface area contributed by atoms with E-state index in [0.29, 0.717) is 23.7 Å². The second-order valence-electron chi connectivity index (χ2n) is 6.03. The molecule has 11 heteroatoms. The summed E-state index contributed by atoms with van der Waals surface area (Å²) < 4.78 is 72.8. The maximum absolute atomic E-state index is 12.7. The average molecular weight is 437 g/mol. The van der Waals surface area contributed by atoms with Crippen molar-refractivity contribution in [1.82, 2.24) is 9.29 Å². The molecule has 0 aliphatic carbocycles. The number of sulfonamides is 1. The quantitative estimate of drug-likeness (QED) is 0.711. The van der Waals surface area contributed by atoms with Gasteiger partial charge in [0, 0.05) is 19.3 Å². The van der Waals surface area contributed by atoms with E-state index < -0.39 is 22.1 Å². The summed E-state index contributed by atoms with van der Waals surface area (Å²) in [7, 11) is -3.83. The van der Waals surface area contributed by atoms with Crippen LogP contribution in [0.5, 0.6) is 11.6 Å². The normalized spacial score (nSPS) is 16.7. The summed E-state index contributed by atoms with van der Waals surface area (Å²) in [6.07, 6.45) is -2.66. The molecule has 1 aliphatic rings. The highest BCUT2D eigenvalue weighted by Crippen LogP contribution is 2.28. The third-order valence-corrected chi connectivity index (χ3v) is 6.30. The van der Waals surface area contributed by atoms with Crippen LogP contribution in [-0.4, -0.2) is 43.3 Å². The maximum Gasteiger partial charge on any atom is 0.573 e. The number of pyridine rings is 1. The van der Waals surface area contributed by atoms with Crippen molar-refractivity contribution in [1.29, 1.82) is 0 Å². The molecule has 0 N–H and O–H groups in total. The number of halogens is 4. The van der Waals surface area contributed by atoms with Crippen LogP contribution in [0.15, 0.2) is 47.5 Å². The largest absolute Gasteiger partial charge is 0.573 e. The number of alkyl halides is 3. The van der Waals surface area contributed by atoms with Gasteiger partial charge < -0.3 is 9.47 Å². The average Bonchev–Trinajstić information content (AvgIpc) is 2.63. The lowest BCUT2D eigenvalue weighted by molar-refractivity contribution is -0.274. The lowest BCUT2D eigenvalue weighted by atomic mass is 10.1. The predicted molar refractivity (Wildman–Crippen MR) is 94.8 cm³/mol. The number of ether oxygens (including phenoxy) is 2. The van der Waals surface area contributed by atoms with Crippen LogP contribution < -0.4 is 9.47 Å². The first-order valence-corrected chi connectivity index (χ1v) is 10.1. The SMILES string of the molecule is O=S(=O)(c1ccc(OC(F)(F)F)cc1)N1CCC(Oc2ncccc2Cl)CC1. The fourth-order valence-corrected chi connectivity index (χ4v) is 4.40. The third kappa shape index (κ3) is 5.06. The zero-order valence-corrected chi connectivity index (χ0v) is 16.0.